The minimum absolute atomic E-state index is 0.0199. The number of nitrogens with zero attached hydrogens (tertiary/aromatic N) is 5. The fraction of sp³-hybridized carbons (Fsp3) is 0.130. The van der Waals surface area contributed by atoms with E-state index in [4.69, 9.17) is 0 Å². The Hall–Kier alpha value is -3.99. The molecule has 0 radical (unpaired) electrons. The van der Waals surface area contributed by atoms with Crippen LogP contribution in [0.4, 0.5) is 8.78 Å². The molecular formula is C23H17F2N5O3S. The summed E-state index contributed by atoms with van der Waals surface area (Å²) in [6.07, 6.45) is 6.32. The van der Waals surface area contributed by atoms with Gasteiger partial charge in [0.05, 0.1) is 29.5 Å². The maximum Gasteiger partial charge on any atom is 0.255 e. The number of pyridine rings is 2. The Morgan fingerprint density at radius 1 is 1.00 bits per heavy atom. The topological polar surface area (TPSA) is 98.0 Å². The second-order valence-corrected chi connectivity index (χ2v) is 9.93. The lowest BCUT2D eigenvalue weighted by Crippen LogP contribution is -2.26. The first-order chi connectivity index (χ1) is 16.2. The Labute approximate surface area is 193 Å². The first-order valence-electron chi connectivity index (χ1n) is 10.1. The fourth-order valence-electron chi connectivity index (χ4n) is 3.83. The molecule has 5 rings (SSSR count). The molecule has 8 nitrogen and oxygen atoms in total. The second kappa shape index (κ2) is 8.10. The molecule has 172 valence electrons. The van der Waals surface area contributed by atoms with Crippen LogP contribution in [0.1, 0.15) is 21.6 Å². The first kappa shape index (κ1) is 21.8. The number of benzene rings is 1. The van der Waals surface area contributed by atoms with Gasteiger partial charge < -0.3 is 4.90 Å². The van der Waals surface area contributed by atoms with Gasteiger partial charge in [0.1, 0.15) is 11.6 Å². The van der Waals surface area contributed by atoms with E-state index in [2.05, 4.69) is 15.1 Å². The van der Waals surface area contributed by atoms with Crippen LogP contribution in [-0.2, 0) is 22.9 Å². The van der Waals surface area contributed by atoms with Crippen LogP contribution >= 0.6 is 0 Å². The average molecular weight is 481 g/mol. The maximum absolute atomic E-state index is 13.8. The minimum Gasteiger partial charge on any atom is -0.328 e. The molecule has 11 heteroatoms. The van der Waals surface area contributed by atoms with Gasteiger partial charge in [-0.3, -0.25) is 9.78 Å². The van der Waals surface area contributed by atoms with Crippen molar-refractivity contribution in [3.63, 3.8) is 0 Å². The minimum atomic E-state index is -3.58. The van der Waals surface area contributed by atoms with E-state index in [-0.39, 0.29) is 23.5 Å². The highest BCUT2D eigenvalue weighted by molar-refractivity contribution is 7.90. The van der Waals surface area contributed by atoms with Crippen molar-refractivity contribution in [2.45, 2.75) is 18.0 Å². The highest BCUT2D eigenvalue weighted by atomic mass is 32.2. The second-order valence-electron chi connectivity index (χ2n) is 7.91. The standard InChI is InChI=1S/C23H17F2N5O3S/c1-34(32,33)18-3-4-19(14-6-17(25)9-26-8-14)20(7-18)23(31)29-11-15-12-30(28-21(15)13-29)22-5-2-16(24)10-27-22/h2-10,12H,11,13H2,1H3. The predicted molar refractivity (Wildman–Crippen MR) is 118 cm³/mol. The van der Waals surface area contributed by atoms with Gasteiger partial charge in [-0.1, -0.05) is 6.07 Å². The first-order valence-corrected chi connectivity index (χ1v) is 12.0. The number of sulfone groups is 1. The smallest absolute Gasteiger partial charge is 0.255 e. The molecule has 0 aliphatic carbocycles. The summed E-state index contributed by atoms with van der Waals surface area (Å²) >= 11 is 0. The van der Waals surface area contributed by atoms with Crippen LogP contribution in [0.25, 0.3) is 16.9 Å². The molecule has 1 amide bonds. The van der Waals surface area contributed by atoms with Crippen molar-refractivity contribution in [1.82, 2.24) is 24.6 Å². The quantitative estimate of drug-likeness (QED) is 0.444. The van der Waals surface area contributed by atoms with Crippen molar-refractivity contribution in [2.75, 3.05) is 6.26 Å². The zero-order valence-corrected chi connectivity index (χ0v) is 18.6. The molecule has 1 aromatic carbocycles. The Morgan fingerprint density at radius 3 is 2.50 bits per heavy atom. The summed E-state index contributed by atoms with van der Waals surface area (Å²) in [4.78, 5) is 22.8. The highest BCUT2D eigenvalue weighted by Gasteiger charge is 2.30. The largest absolute Gasteiger partial charge is 0.328 e. The van der Waals surface area contributed by atoms with Gasteiger partial charge >= 0.3 is 0 Å². The van der Waals surface area contributed by atoms with E-state index in [9.17, 15) is 22.0 Å². The predicted octanol–water partition coefficient (Wildman–Crippen LogP) is 3.17. The van der Waals surface area contributed by atoms with Gasteiger partial charge in [-0.2, -0.15) is 5.10 Å². The Morgan fingerprint density at radius 2 is 1.82 bits per heavy atom. The van der Waals surface area contributed by atoms with Crippen molar-refractivity contribution in [3.05, 3.63) is 89.6 Å². The summed E-state index contributed by atoms with van der Waals surface area (Å²) in [6.45, 7) is 0.422. The number of aromatic nitrogens is 4. The molecule has 0 unspecified atom stereocenters. The molecule has 0 saturated carbocycles. The Kier molecular flexibility index (Phi) is 5.20. The van der Waals surface area contributed by atoms with E-state index in [1.54, 1.807) is 6.20 Å². The number of hydrogen-bond donors (Lipinski definition) is 0. The molecule has 34 heavy (non-hydrogen) atoms. The van der Waals surface area contributed by atoms with Crippen LogP contribution in [0.15, 0.2) is 66.1 Å². The third-order valence-electron chi connectivity index (χ3n) is 5.48. The molecule has 4 heterocycles. The van der Waals surface area contributed by atoms with Crippen LogP contribution in [0, 0.1) is 11.6 Å². The lowest BCUT2D eigenvalue weighted by Gasteiger charge is -2.19. The van der Waals surface area contributed by atoms with Gasteiger partial charge in [0.2, 0.25) is 0 Å². The van der Waals surface area contributed by atoms with Gasteiger partial charge in [0.25, 0.3) is 5.91 Å². The van der Waals surface area contributed by atoms with E-state index in [0.717, 1.165) is 24.2 Å². The third-order valence-corrected chi connectivity index (χ3v) is 6.59. The van der Waals surface area contributed by atoms with Crippen LogP contribution in [-0.4, -0.2) is 45.2 Å². The number of amides is 1. The van der Waals surface area contributed by atoms with Crippen molar-refractivity contribution < 1.29 is 22.0 Å². The normalized spacial score (nSPS) is 13.2. The monoisotopic (exact) mass is 481 g/mol. The van der Waals surface area contributed by atoms with E-state index < -0.39 is 27.4 Å². The Bertz CT molecular complexity index is 1510. The number of hydrogen-bond acceptors (Lipinski definition) is 6. The zero-order chi connectivity index (χ0) is 24.0. The van der Waals surface area contributed by atoms with Crippen molar-refractivity contribution in [1.29, 1.82) is 0 Å². The molecule has 0 bridgehead atoms. The van der Waals surface area contributed by atoms with E-state index in [1.807, 2.05) is 0 Å². The van der Waals surface area contributed by atoms with Crippen LogP contribution in [0.2, 0.25) is 0 Å². The van der Waals surface area contributed by atoms with Gasteiger partial charge in [0.15, 0.2) is 15.7 Å². The highest BCUT2D eigenvalue weighted by Crippen LogP contribution is 2.31. The summed E-state index contributed by atoms with van der Waals surface area (Å²) in [7, 11) is -3.58. The molecule has 1 aliphatic heterocycles. The molecule has 3 aromatic heterocycles. The lowest BCUT2D eigenvalue weighted by molar-refractivity contribution is 0.0749. The molecule has 0 saturated heterocycles. The van der Waals surface area contributed by atoms with Crippen molar-refractivity contribution in [3.8, 4) is 16.9 Å². The van der Waals surface area contributed by atoms with E-state index >= 15 is 0 Å². The van der Waals surface area contributed by atoms with Crippen LogP contribution < -0.4 is 0 Å². The molecular weight excluding hydrogens is 464 g/mol. The fourth-order valence-corrected chi connectivity index (χ4v) is 4.48. The van der Waals surface area contributed by atoms with Crippen molar-refractivity contribution in [2.24, 2.45) is 0 Å². The SMILES string of the molecule is CS(=O)(=O)c1ccc(-c2cncc(F)c2)c(C(=O)N2Cc3cn(-c4ccc(F)cn4)nc3C2)c1. The molecule has 0 atom stereocenters. The summed E-state index contributed by atoms with van der Waals surface area (Å²) < 4.78 is 52.7. The van der Waals surface area contributed by atoms with Crippen LogP contribution in [0.3, 0.4) is 0 Å². The number of fused-ring (bicyclic) bond motifs is 1. The summed E-state index contributed by atoms with van der Waals surface area (Å²) in [5.41, 5.74) is 2.27. The molecule has 0 fully saturated rings. The lowest BCUT2D eigenvalue weighted by atomic mass is 10.00. The number of rotatable bonds is 4. The van der Waals surface area contributed by atoms with Gasteiger partial charge in [0, 0.05) is 41.9 Å². The summed E-state index contributed by atoms with van der Waals surface area (Å²) in [6, 6.07) is 8.18. The van der Waals surface area contributed by atoms with Crippen molar-refractivity contribution >= 4 is 15.7 Å². The Balaban J connectivity index is 1.48. The van der Waals surface area contributed by atoms with Gasteiger partial charge in [-0.15, -0.1) is 0 Å². The zero-order valence-electron chi connectivity index (χ0n) is 17.8. The van der Waals surface area contributed by atoms with Gasteiger partial charge in [-0.05, 0) is 35.9 Å². The average Bonchev–Trinajstić information content (AvgIpc) is 3.38. The molecule has 0 spiro atoms. The summed E-state index contributed by atoms with van der Waals surface area (Å²) in [5.74, 6) is -1.02. The molecule has 1 aliphatic rings. The number of halogens is 2. The molecule has 4 aromatic rings. The van der Waals surface area contributed by atoms with Crippen LogP contribution in [0.5, 0.6) is 0 Å². The number of carbonyl (C=O) groups is 1. The maximum atomic E-state index is 13.8. The molecule has 0 N–H and O–H groups in total. The number of carbonyl (C=O) groups excluding carboxylic acids is 1. The third kappa shape index (κ3) is 4.05. The van der Waals surface area contributed by atoms with Gasteiger partial charge in [-0.25, -0.2) is 26.9 Å². The van der Waals surface area contributed by atoms with E-state index in [0.29, 0.717) is 22.6 Å². The van der Waals surface area contributed by atoms with E-state index in [1.165, 1.54) is 52.2 Å². The summed E-state index contributed by atoms with van der Waals surface area (Å²) in [5, 5.41) is 4.45.